The summed E-state index contributed by atoms with van der Waals surface area (Å²) in [5.41, 5.74) is -0.291. The molecular formula is C12H16O2. The smallest absolute Gasteiger partial charge is 0.336 e. The Kier molecular flexibility index (Phi) is 4.76. The van der Waals surface area contributed by atoms with Crippen LogP contribution in [0.4, 0.5) is 0 Å². The predicted octanol–water partition coefficient (Wildman–Crippen LogP) is 3.23. The monoisotopic (exact) mass is 192 g/mol. The van der Waals surface area contributed by atoms with Gasteiger partial charge in [-0.15, -0.1) is 0 Å². The third-order valence-corrected chi connectivity index (χ3v) is 1.97. The van der Waals surface area contributed by atoms with Crippen LogP contribution in [0.2, 0.25) is 0 Å². The molecule has 1 rings (SSSR count). The van der Waals surface area contributed by atoms with Gasteiger partial charge in [-0.25, -0.2) is 4.79 Å². The Morgan fingerprint density at radius 1 is 1.36 bits per heavy atom. The first kappa shape index (κ1) is 10.8. The van der Waals surface area contributed by atoms with E-state index >= 15 is 0 Å². The minimum absolute atomic E-state index is 0.291. The molecule has 0 aliphatic rings. The number of hydrogen-bond acceptors (Lipinski definition) is 2. The van der Waals surface area contributed by atoms with Gasteiger partial charge >= 0.3 is 5.63 Å². The topological polar surface area (TPSA) is 30.2 Å². The fraction of sp³-hybridized carbons (Fsp3) is 0.417. The molecule has 0 saturated heterocycles. The van der Waals surface area contributed by atoms with Gasteiger partial charge in [-0.3, -0.25) is 0 Å². The fourth-order valence-corrected chi connectivity index (χ4v) is 1.21. The van der Waals surface area contributed by atoms with Gasteiger partial charge in [0, 0.05) is 6.07 Å². The van der Waals surface area contributed by atoms with Crippen LogP contribution in [-0.2, 0) is 0 Å². The van der Waals surface area contributed by atoms with Gasteiger partial charge in [0.05, 0.1) is 0 Å². The molecule has 0 aliphatic heterocycles. The van der Waals surface area contributed by atoms with Crippen LogP contribution >= 0.6 is 0 Å². The third-order valence-electron chi connectivity index (χ3n) is 1.97. The summed E-state index contributed by atoms with van der Waals surface area (Å²) in [5.74, 6) is 0.633. The van der Waals surface area contributed by atoms with E-state index in [-0.39, 0.29) is 5.63 Å². The second-order valence-electron chi connectivity index (χ2n) is 3.25. The summed E-state index contributed by atoms with van der Waals surface area (Å²) in [7, 11) is 0. The summed E-state index contributed by atoms with van der Waals surface area (Å²) >= 11 is 0. The normalized spacial score (nSPS) is 10.9. The molecule has 0 fully saturated rings. The Balaban J connectivity index is 2.40. The van der Waals surface area contributed by atoms with Crippen LogP contribution in [0.1, 0.15) is 38.4 Å². The number of unbranched alkanes of at least 4 members (excludes halogenated alkanes) is 3. The molecule has 0 saturated carbocycles. The van der Waals surface area contributed by atoms with E-state index in [0.29, 0.717) is 5.76 Å². The number of hydrogen-bond donors (Lipinski definition) is 0. The van der Waals surface area contributed by atoms with E-state index < -0.39 is 0 Å². The SMILES string of the molecule is CCCCC/C=C/c1cccc(=O)o1. The molecule has 0 atom stereocenters. The first-order chi connectivity index (χ1) is 6.83. The molecule has 1 aromatic heterocycles. The predicted molar refractivity (Wildman–Crippen MR) is 58.2 cm³/mol. The molecule has 2 nitrogen and oxygen atoms in total. The Labute approximate surface area is 84.3 Å². The average Bonchev–Trinajstić information content (AvgIpc) is 2.18. The molecule has 1 heterocycles. The second kappa shape index (κ2) is 6.19. The van der Waals surface area contributed by atoms with Gasteiger partial charge in [0.1, 0.15) is 5.76 Å². The van der Waals surface area contributed by atoms with Crippen LogP contribution in [-0.4, -0.2) is 0 Å². The summed E-state index contributed by atoms with van der Waals surface area (Å²) in [6.45, 7) is 2.18. The van der Waals surface area contributed by atoms with Gasteiger partial charge in [-0.05, 0) is 25.0 Å². The average molecular weight is 192 g/mol. The van der Waals surface area contributed by atoms with Gasteiger partial charge in [0.2, 0.25) is 0 Å². The third kappa shape index (κ3) is 4.08. The van der Waals surface area contributed by atoms with Crippen molar-refractivity contribution in [3.05, 3.63) is 40.5 Å². The van der Waals surface area contributed by atoms with Gasteiger partial charge in [-0.1, -0.05) is 31.9 Å². The van der Waals surface area contributed by atoms with Crippen LogP contribution < -0.4 is 5.63 Å². The van der Waals surface area contributed by atoms with Crippen molar-refractivity contribution in [2.45, 2.75) is 32.6 Å². The molecule has 0 N–H and O–H groups in total. The number of allylic oxidation sites excluding steroid dienone is 1. The van der Waals surface area contributed by atoms with Crippen molar-refractivity contribution in [1.82, 2.24) is 0 Å². The van der Waals surface area contributed by atoms with E-state index in [9.17, 15) is 4.79 Å². The summed E-state index contributed by atoms with van der Waals surface area (Å²) in [5, 5.41) is 0. The molecule has 0 unspecified atom stereocenters. The van der Waals surface area contributed by atoms with Gasteiger partial charge in [0.15, 0.2) is 0 Å². The summed E-state index contributed by atoms with van der Waals surface area (Å²) in [6.07, 6.45) is 8.64. The van der Waals surface area contributed by atoms with Crippen molar-refractivity contribution in [2.75, 3.05) is 0 Å². The van der Waals surface area contributed by atoms with Crippen LogP contribution in [0.15, 0.2) is 33.5 Å². The lowest BCUT2D eigenvalue weighted by molar-refractivity contribution is 0.501. The molecule has 0 aliphatic carbocycles. The standard InChI is InChI=1S/C12H16O2/c1-2-3-4-5-6-8-11-9-7-10-12(13)14-11/h6-10H,2-5H2,1H3/b8-6+. The van der Waals surface area contributed by atoms with Crippen molar-refractivity contribution in [3.63, 3.8) is 0 Å². The quantitative estimate of drug-likeness (QED) is 0.670. The maximum Gasteiger partial charge on any atom is 0.336 e. The molecule has 76 valence electrons. The van der Waals surface area contributed by atoms with Crippen LogP contribution in [0.3, 0.4) is 0 Å². The highest BCUT2D eigenvalue weighted by Gasteiger charge is 1.89. The van der Waals surface area contributed by atoms with Crippen molar-refractivity contribution in [3.8, 4) is 0 Å². The molecule has 0 radical (unpaired) electrons. The molecule has 2 heteroatoms. The molecule has 0 amide bonds. The zero-order chi connectivity index (χ0) is 10.2. The molecule has 1 aromatic rings. The van der Waals surface area contributed by atoms with E-state index in [1.807, 2.05) is 12.2 Å². The zero-order valence-electron chi connectivity index (χ0n) is 8.53. The van der Waals surface area contributed by atoms with Crippen molar-refractivity contribution >= 4 is 6.08 Å². The fourth-order valence-electron chi connectivity index (χ4n) is 1.21. The van der Waals surface area contributed by atoms with Crippen molar-refractivity contribution in [1.29, 1.82) is 0 Å². The molecular weight excluding hydrogens is 176 g/mol. The first-order valence-electron chi connectivity index (χ1n) is 5.09. The van der Waals surface area contributed by atoms with E-state index in [4.69, 9.17) is 4.42 Å². The molecule has 0 spiro atoms. The van der Waals surface area contributed by atoms with E-state index in [1.165, 1.54) is 25.3 Å². The Bertz CT molecular complexity index is 336. The Morgan fingerprint density at radius 2 is 2.21 bits per heavy atom. The van der Waals surface area contributed by atoms with Gasteiger partial charge in [-0.2, -0.15) is 0 Å². The van der Waals surface area contributed by atoms with Gasteiger partial charge in [0.25, 0.3) is 0 Å². The summed E-state index contributed by atoms with van der Waals surface area (Å²) in [4.78, 5) is 10.8. The molecule has 0 aromatic carbocycles. The minimum atomic E-state index is -0.291. The highest BCUT2D eigenvalue weighted by atomic mass is 16.4. The van der Waals surface area contributed by atoms with E-state index in [2.05, 4.69) is 6.92 Å². The van der Waals surface area contributed by atoms with E-state index in [0.717, 1.165) is 6.42 Å². The first-order valence-corrected chi connectivity index (χ1v) is 5.09. The van der Waals surface area contributed by atoms with Crippen LogP contribution in [0.25, 0.3) is 6.08 Å². The maximum atomic E-state index is 10.8. The van der Waals surface area contributed by atoms with Gasteiger partial charge < -0.3 is 4.42 Å². The van der Waals surface area contributed by atoms with Crippen LogP contribution in [0, 0.1) is 0 Å². The van der Waals surface area contributed by atoms with Crippen LogP contribution in [0.5, 0.6) is 0 Å². The lowest BCUT2D eigenvalue weighted by Gasteiger charge is -1.92. The summed E-state index contributed by atoms with van der Waals surface area (Å²) in [6, 6.07) is 4.91. The minimum Gasteiger partial charge on any atom is -0.423 e. The maximum absolute atomic E-state index is 10.8. The molecule has 14 heavy (non-hydrogen) atoms. The van der Waals surface area contributed by atoms with Crippen molar-refractivity contribution in [2.24, 2.45) is 0 Å². The largest absolute Gasteiger partial charge is 0.423 e. The Morgan fingerprint density at radius 3 is 2.93 bits per heavy atom. The lowest BCUT2D eigenvalue weighted by Crippen LogP contribution is -1.94. The molecule has 0 bridgehead atoms. The summed E-state index contributed by atoms with van der Waals surface area (Å²) < 4.78 is 4.94. The number of rotatable bonds is 5. The highest BCUT2D eigenvalue weighted by Crippen LogP contribution is 2.03. The lowest BCUT2D eigenvalue weighted by atomic mass is 10.2. The Hall–Kier alpha value is -1.31. The zero-order valence-corrected chi connectivity index (χ0v) is 8.53. The highest BCUT2D eigenvalue weighted by molar-refractivity contribution is 5.41. The second-order valence-corrected chi connectivity index (χ2v) is 3.25. The van der Waals surface area contributed by atoms with Crippen molar-refractivity contribution < 1.29 is 4.42 Å². The van der Waals surface area contributed by atoms with E-state index in [1.54, 1.807) is 12.1 Å².